The lowest BCUT2D eigenvalue weighted by Crippen LogP contribution is -2.25. The van der Waals surface area contributed by atoms with E-state index in [9.17, 15) is 0 Å². The number of thioether (sulfide) groups is 1. The van der Waals surface area contributed by atoms with E-state index in [4.69, 9.17) is 4.74 Å². The van der Waals surface area contributed by atoms with Crippen LogP contribution in [0.3, 0.4) is 0 Å². The normalized spacial score (nSPS) is 19.2. The Morgan fingerprint density at radius 1 is 1.50 bits per heavy atom. The van der Waals surface area contributed by atoms with E-state index >= 15 is 0 Å². The van der Waals surface area contributed by atoms with Crippen LogP contribution < -0.4 is 10.1 Å². The van der Waals surface area contributed by atoms with E-state index < -0.39 is 0 Å². The number of hydrogen-bond donors (Lipinski definition) is 1. The molecule has 88 valence electrons. The number of rotatable bonds is 4. The van der Waals surface area contributed by atoms with Gasteiger partial charge in [0.15, 0.2) is 0 Å². The quantitative estimate of drug-likeness (QED) is 0.868. The Morgan fingerprint density at radius 3 is 3.12 bits per heavy atom. The molecule has 1 aromatic rings. The number of methoxy groups -OCH3 is 1. The molecule has 1 aromatic carbocycles. The van der Waals surface area contributed by atoms with Crippen LogP contribution in [0.15, 0.2) is 23.1 Å². The Hall–Kier alpha value is -0.670. The van der Waals surface area contributed by atoms with Crippen molar-refractivity contribution in [3.05, 3.63) is 23.8 Å². The molecule has 1 aliphatic heterocycles. The fraction of sp³-hybridized carbons (Fsp3) is 0.538. The predicted molar refractivity (Wildman–Crippen MR) is 69.4 cm³/mol. The number of benzene rings is 1. The molecule has 0 spiro atoms. The second kappa shape index (κ2) is 5.60. The molecule has 1 unspecified atom stereocenters. The molecule has 2 nitrogen and oxygen atoms in total. The lowest BCUT2D eigenvalue weighted by atomic mass is 10.0. The minimum absolute atomic E-state index is 0.506. The predicted octanol–water partition coefficient (Wildman–Crippen LogP) is 3.23. The van der Waals surface area contributed by atoms with Gasteiger partial charge in [-0.2, -0.15) is 0 Å². The number of hydrogen-bond acceptors (Lipinski definition) is 3. The van der Waals surface area contributed by atoms with Gasteiger partial charge in [-0.05, 0) is 36.8 Å². The van der Waals surface area contributed by atoms with Crippen LogP contribution in [0.25, 0.3) is 0 Å². The van der Waals surface area contributed by atoms with Crippen molar-refractivity contribution in [3.8, 4) is 5.75 Å². The van der Waals surface area contributed by atoms with E-state index in [1.165, 1.54) is 29.1 Å². The molecule has 1 aliphatic rings. The van der Waals surface area contributed by atoms with Gasteiger partial charge >= 0.3 is 0 Å². The summed E-state index contributed by atoms with van der Waals surface area (Å²) in [6, 6.07) is 6.86. The molecule has 3 heteroatoms. The molecular weight excluding hydrogens is 218 g/mol. The maximum Gasteiger partial charge on any atom is 0.132 e. The van der Waals surface area contributed by atoms with E-state index in [1.807, 2.05) is 17.8 Å². The molecule has 2 rings (SSSR count). The highest BCUT2D eigenvalue weighted by atomic mass is 32.2. The average Bonchev–Trinajstić information content (AvgIpc) is 2.35. The molecule has 1 atom stereocenters. The minimum atomic E-state index is 0.506. The first-order valence-corrected chi connectivity index (χ1v) is 6.88. The molecule has 1 N–H and O–H groups in total. The van der Waals surface area contributed by atoms with Gasteiger partial charge in [-0.15, -0.1) is 11.8 Å². The third-order valence-corrected chi connectivity index (χ3v) is 4.06. The molecule has 0 bridgehead atoms. The van der Waals surface area contributed by atoms with Crippen molar-refractivity contribution in [1.82, 2.24) is 5.32 Å². The van der Waals surface area contributed by atoms with Gasteiger partial charge in [-0.3, -0.25) is 0 Å². The SMILES string of the molecule is CCCNC1CCSc2c(OC)cccc21. The maximum atomic E-state index is 5.42. The van der Waals surface area contributed by atoms with Crippen molar-refractivity contribution in [2.45, 2.75) is 30.7 Å². The minimum Gasteiger partial charge on any atom is -0.496 e. The summed E-state index contributed by atoms with van der Waals surface area (Å²) >= 11 is 1.91. The highest BCUT2D eigenvalue weighted by molar-refractivity contribution is 7.99. The third kappa shape index (κ3) is 2.36. The summed E-state index contributed by atoms with van der Waals surface area (Å²) in [5.41, 5.74) is 1.41. The van der Waals surface area contributed by atoms with E-state index in [1.54, 1.807) is 7.11 Å². The second-order valence-corrected chi connectivity index (χ2v) is 5.13. The molecular formula is C13H19NOS. The van der Waals surface area contributed by atoms with Crippen LogP contribution in [-0.4, -0.2) is 19.4 Å². The first-order chi connectivity index (χ1) is 7.86. The molecule has 0 saturated heterocycles. The van der Waals surface area contributed by atoms with Crippen molar-refractivity contribution in [2.75, 3.05) is 19.4 Å². The van der Waals surface area contributed by atoms with Gasteiger partial charge in [0.2, 0.25) is 0 Å². The van der Waals surface area contributed by atoms with E-state index in [-0.39, 0.29) is 0 Å². The Kier molecular flexibility index (Phi) is 4.13. The van der Waals surface area contributed by atoms with Crippen molar-refractivity contribution in [3.63, 3.8) is 0 Å². The van der Waals surface area contributed by atoms with Crippen LogP contribution in [-0.2, 0) is 0 Å². The topological polar surface area (TPSA) is 21.3 Å². The highest BCUT2D eigenvalue weighted by Gasteiger charge is 2.22. The highest BCUT2D eigenvalue weighted by Crippen LogP contribution is 2.41. The fourth-order valence-electron chi connectivity index (χ4n) is 2.09. The average molecular weight is 237 g/mol. The van der Waals surface area contributed by atoms with Crippen LogP contribution >= 0.6 is 11.8 Å². The zero-order chi connectivity index (χ0) is 11.4. The Labute approximate surface area is 102 Å². The summed E-state index contributed by atoms with van der Waals surface area (Å²) in [6.07, 6.45) is 2.40. The van der Waals surface area contributed by atoms with Crippen LogP contribution in [0, 0.1) is 0 Å². The smallest absolute Gasteiger partial charge is 0.132 e. The van der Waals surface area contributed by atoms with Gasteiger partial charge in [0.25, 0.3) is 0 Å². The van der Waals surface area contributed by atoms with Crippen molar-refractivity contribution in [1.29, 1.82) is 0 Å². The standard InChI is InChI=1S/C13H19NOS/c1-3-8-14-11-7-9-16-13-10(11)5-4-6-12(13)15-2/h4-6,11,14H,3,7-9H2,1-2H3. The molecule has 0 fully saturated rings. The van der Waals surface area contributed by atoms with Crippen LogP contribution in [0.1, 0.15) is 31.4 Å². The van der Waals surface area contributed by atoms with E-state index in [0.29, 0.717) is 6.04 Å². The Morgan fingerprint density at radius 2 is 2.38 bits per heavy atom. The zero-order valence-corrected chi connectivity index (χ0v) is 10.8. The summed E-state index contributed by atoms with van der Waals surface area (Å²) in [4.78, 5) is 1.32. The summed E-state index contributed by atoms with van der Waals surface area (Å²) in [7, 11) is 1.75. The van der Waals surface area contributed by atoms with Crippen molar-refractivity contribution < 1.29 is 4.74 Å². The lowest BCUT2D eigenvalue weighted by Gasteiger charge is -2.27. The van der Waals surface area contributed by atoms with Gasteiger partial charge in [-0.25, -0.2) is 0 Å². The summed E-state index contributed by atoms with van der Waals surface area (Å²) < 4.78 is 5.42. The first-order valence-electron chi connectivity index (χ1n) is 5.90. The fourth-order valence-corrected chi connectivity index (χ4v) is 3.32. The monoisotopic (exact) mass is 237 g/mol. The molecule has 0 amide bonds. The summed E-state index contributed by atoms with van der Waals surface area (Å²) in [5.74, 6) is 2.19. The van der Waals surface area contributed by atoms with Gasteiger partial charge in [0.1, 0.15) is 5.75 Å². The third-order valence-electron chi connectivity index (χ3n) is 2.90. The molecule has 0 aromatic heterocycles. The van der Waals surface area contributed by atoms with Crippen LogP contribution in [0.2, 0.25) is 0 Å². The number of ether oxygens (including phenoxy) is 1. The van der Waals surface area contributed by atoms with Gasteiger partial charge in [-0.1, -0.05) is 19.1 Å². The lowest BCUT2D eigenvalue weighted by molar-refractivity contribution is 0.399. The summed E-state index contributed by atoms with van der Waals surface area (Å²) in [5, 5.41) is 3.61. The van der Waals surface area contributed by atoms with Crippen LogP contribution in [0.4, 0.5) is 0 Å². The van der Waals surface area contributed by atoms with Crippen molar-refractivity contribution in [2.24, 2.45) is 0 Å². The number of nitrogens with one attached hydrogen (secondary N) is 1. The summed E-state index contributed by atoms with van der Waals surface area (Å²) in [6.45, 7) is 3.29. The maximum absolute atomic E-state index is 5.42. The van der Waals surface area contributed by atoms with Crippen molar-refractivity contribution >= 4 is 11.8 Å². The molecule has 1 heterocycles. The van der Waals surface area contributed by atoms with E-state index in [2.05, 4.69) is 24.4 Å². The molecule has 16 heavy (non-hydrogen) atoms. The van der Waals surface area contributed by atoms with Gasteiger partial charge in [0.05, 0.1) is 12.0 Å². The Balaban J connectivity index is 2.24. The number of fused-ring (bicyclic) bond motifs is 1. The first kappa shape index (κ1) is 11.8. The largest absolute Gasteiger partial charge is 0.496 e. The van der Waals surface area contributed by atoms with Gasteiger partial charge < -0.3 is 10.1 Å². The second-order valence-electron chi connectivity index (χ2n) is 4.02. The Bertz CT molecular complexity index is 354. The van der Waals surface area contributed by atoms with E-state index in [0.717, 1.165) is 12.3 Å². The zero-order valence-electron chi connectivity index (χ0n) is 9.95. The van der Waals surface area contributed by atoms with Crippen LogP contribution in [0.5, 0.6) is 5.75 Å². The van der Waals surface area contributed by atoms with Gasteiger partial charge in [0, 0.05) is 6.04 Å². The molecule has 0 radical (unpaired) electrons. The molecule has 0 aliphatic carbocycles. The molecule has 0 saturated carbocycles.